The first kappa shape index (κ1) is 13.6. The molecule has 1 aliphatic rings. The predicted molar refractivity (Wildman–Crippen MR) is 72.3 cm³/mol. The van der Waals surface area contributed by atoms with E-state index in [1.807, 2.05) is 13.1 Å². The van der Waals surface area contributed by atoms with Gasteiger partial charge in [-0.1, -0.05) is 0 Å². The maximum atomic E-state index is 9.72. The Morgan fingerprint density at radius 2 is 2.22 bits per heavy atom. The van der Waals surface area contributed by atoms with E-state index in [4.69, 9.17) is 0 Å². The van der Waals surface area contributed by atoms with Crippen LogP contribution in [0.5, 0.6) is 0 Å². The fourth-order valence-electron chi connectivity index (χ4n) is 2.77. The maximum Gasteiger partial charge on any atom is 0.123 e. The SMILES string of the molecule is CC(C)n1ccnc1CN1CCC[C@H]([C@H](C)O)C1. The second kappa shape index (κ2) is 5.85. The van der Waals surface area contributed by atoms with Crippen LogP contribution in [-0.2, 0) is 6.54 Å². The molecular weight excluding hydrogens is 226 g/mol. The van der Waals surface area contributed by atoms with E-state index in [1.54, 1.807) is 0 Å². The van der Waals surface area contributed by atoms with Crippen LogP contribution in [0.2, 0.25) is 0 Å². The molecule has 0 amide bonds. The van der Waals surface area contributed by atoms with Crippen molar-refractivity contribution in [2.75, 3.05) is 13.1 Å². The van der Waals surface area contributed by atoms with Crippen LogP contribution in [0.4, 0.5) is 0 Å². The third kappa shape index (κ3) is 3.12. The summed E-state index contributed by atoms with van der Waals surface area (Å²) < 4.78 is 2.23. The number of aliphatic hydroxyl groups excluding tert-OH is 1. The topological polar surface area (TPSA) is 41.3 Å². The van der Waals surface area contributed by atoms with Gasteiger partial charge in [0.1, 0.15) is 5.82 Å². The molecule has 0 unspecified atom stereocenters. The molecule has 1 aliphatic heterocycles. The van der Waals surface area contributed by atoms with Gasteiger partial charge in [-0.15, -0.1) is 0 Å². The summed E-state index contributed by atoms with van der Waals surface area (Å²) in [5.74, 6) is 1.55. The van der Waals surface area contributed by atoms with Crippen LogP contribution in [-0.4, -0.2) is 38.8 Å². The number of hydrogen-bond donors (Lipinski definition) is 1. The summed E-state index contributed by atoms with van der Waals surface area (Å²) in [7, 11) is 0. The second-order valence-corrected chi connectivity index (χ2v) is 5.72. The third-order valence-electron chi connectivity index (χ3n) is 3.89. The van der Waals surface area contributed by atoms with Crippen LogP contribution in [0, 0.1) is 5.92 Å². The molecule has 2 atom stereocenters. The van der Waals surface area contributed by atoms with Crippen LogP contribution in [0.1, 0.15) is 45.5 Å². The quantitative estimate of drug-likeness (QED) is 0.890. The molecule has 2 rings (SSSR count). The van der Waals surface area contributed by atoms with Gasteiger partial charge in [-0.3, -0.25) is 4.90 Å². The molecule has 4 nitrogen and oxygen atoms in total. The lowest BCUT2D eigenvalue weighted by molar-refractivity contribution is 0.0583. The largest absolute Gasteiger partial charge is 0.393 e. The summed E-state index contributed by atoms with van der Waals surface area (Å²) in [6, 6.07) is 0.458. The molecule has 1 aromatic heterocycles. The maximum absolute atomic E-state index is 9.72. The highest BCUT2D eigenvalue weighted by Crippen LogP contribution is 2.21. The van der Waals surface area contributed by atoms with E-state index in [0.717, 1.165) is 31.9 Å². The average molecular weight is 251 g/mol. The van der Waals surface area contributed by atoms with Gasteiger partial charge in [-0.2, -0.15) is 0 Å². The Labute approximate surface area is 110 Å². The van der Waals surface area contributed by atoms with Crippen molar-refractivity contribution in [1.29, 1.82) is 0 Å². The van der Waals surface area contributed by atoms with Crippen molar-refractivity contribution in [2.24, 2.45) is 5.92 Å². The minimum Gasteiger partial charge on any atom is -0.393 e. The lowest BCUT2D eigenvalue weighted by Gasteiger charge is -2.34. The van der Waals surface area contributed by atoms with Crippen LogP contribution in [0.25, 0.3) is 0 Å². The number of rotatable bonds is 4. The van der Waals surface area contributed by atoms with Crippen molar-refractivity contribution < 1.29 is 5.11 Å². The van der Waals surface area contributed by atoms with E-state index in [2.05, 4.69) is 34.5 Å². The summed E-state index contributed by atoms with van der Waals surface area (Å²) in [5, 5.41) is 9.72. The minimum absolute atomic E-state index is 0.197. The Balaban J connectivity index is 1.98. The molecule has 1 aromatic rings. The highest BCUT2D eigenvalue weighted by Gasteiger charge is 2.24. The number of piperidine rings is 1. The Kier molecular flexibility index (Phi) is 4.40. The highest BCUT2D eigenvalue weighted by atomic mass is 16.3. The molecule has 4 heteroatoms. The zero-order valence-electron chi connectivity index (χ0n) is 11.7. The molecule has 0 saturated carbocycles. The van der Waals surface area contributed by atoms with E-state index < -0.39 is 0 Å². The molecule has 102 valence electrons. The second-order valence-electron chi connectivity index (χ2n) is 5.72. The minimum atomic E-state index is -0.197. The van der Waals surface area contributed by atoms with E-state index in [0.29, 0.717) is 12.0 Å². The molecule has 0 spiro atoms. The van der Waals surface area contributed by atoms with Crippen molar-refractivity contribution >= 4 is 0 Å². The Bertz CT molecular complexity index is 373. The zero-order chi connectivity index (χ0) is 13.1. The molecule has 18 heavy (non-hydrogen) atoms. The van der Waals surface area contributed by atoms with Gasteiger partial charge in [0, 0.05) is 25.0 Å². The van der Waals surface area contributed by atoms with Crippen LogP contribution >= 0.6 is 0 Å². The predicted octanol–water partition coefficient (Wildman–Crippen LogP) is 2.06. The first-order valence-corrected chi connectivity index (χ1v) is 7.00. The van der Waals surface area contributed by atoms with Crippen molar-refractivity contribution in [3.05, 3.63) is 18.2 Å². The van der Waals surface area contributed by atoms with Gasteiger partial charge in [-0.05, 0) is 46.1 Å². The van der Waals surface area contributed by atoms with E-state index in [1.165, 1.54) is 6.42 Å². The first-order chi connectivity index (χ1) is 8.58. The summed E-state index contributed by atoms with van der Waals surface area (Å²) in [5.41, 5.74) is 0. The summed E-state index contributed by atoms with van der Waals surface area (Å²) in [6.45, 7) is 9.27. The summed E-state index contributed by atoms with van der Waals surface area (Å²) in [6.07, 6.45) is 6.06. The molecule has 0 radical (unpaired) electrons. The molecule has 0 aliphatic carbocycles. The van der Waals surface area contributed by atoms with E-state index >= 15 is 0 Å². The normalized spacial score (nSPS) is 23.5. The lowest BCUT2D eigenvalue weighted by atomic mass is 9.93. The van der Waals surface area contributed by atoms with Gasteiger partial charge >= 0.3 is 0 Å². The number of nitrogens with zero attached hydrogens (tertiary/aromatic N) is 3. The molecule has 1 N–H and O–H groups in total. The van der Waals surface area contributed by atoms with Crippen LogP contribution in [0.3, 0.4) is 0 Å². The van der Waals surface area contributed by atoms with Crippen molar-refractivity contribution in [3.8, 4) is 0 Å². The fourth-order valence-corrected chi connectivity index (χ4v) is 2.77. The molecular formula is C14H25N3O. The van der Waals surface area contributed by atoms with Crippen molar-refractivity contribution in [1.82, 2.24) is 14.5 Å². The molecule has 0 aromatic carbocycles. The Morgan fingerprint density at radius 3 is 2.89 bits per heavy atom. The standard InChI is InChI=1S/C14H25N3O/c1-11(2)17-8-6-15-14(17)10-16-7-4-5-13(9-16)12(3)18/h6,8,11-13,18H,4-5,7,9-10H2,1-3H3/t12-,13-/m0/s1. The number of hydrogen-bond acceptors (Lipinski definition) is 3. The van der Waals surface area contributed by atoms with Gasteiger partial charge in [-0.25, -0.2) is 4.98 Å². The van der Waals surface area contributed by atoms with Gasteiger partial charge in [0.15, 0.2) is 0 Å². The number of aliphatic hydroxyl groups is 1. The van der Waals surface area contributed by atoms with E-state index in [-0.39, 0.29) is 6.10 Å². The summed E-state index contributed by atoms with van der Waals surface area (Å²) in [4.78, 5) is 6.88. The number of likely N-dealkylation sites (tertiary alicyclic amines) is 1. The average Bonchev–Trinajstić information content (AvgIpc) is 2.77. The molecule has 1 saturated heterocycles. The van der Waals surface area contributed by atoms with Crippen LogP contribution in [0.15, 0.2) is 12.4 Å². The first-order valence-electron chi connectivity index (χ1n) is 7.00. The summed E-state index contributed by atoms with van der Waals surface area (Å²) >= 11 is 0. The molecule has 0 bridgehead atoms. The fraction of sp³-hybridized carbons (Fsp3) is 0.786. The third-order valence-corrected chi connectivity index (χ3v) is 3.89. The Hall–Kier alpha value is -0.870. The van der Waals surface area contributed by atoms with Gasteiger partial charge in [0.05, 0.1) is 12.6 Å². The van der Waals surface area contributed by atoms with Crippen molar-refractivity contribution in [3.63, 3.8) is 0 Å². The van der Waals surface area contributed by atoms with Gasteiger partial charge in [0.2, 0.25) is 0 Å². The van der Waals surface area contributed by atoms with E-state index in [9.17, 15) is 5.11 Å². The van der Waals surface area contributed by atoms with Crippen molar-refractivity contribution in [2.45, 2.75) is 52.3 Å². The zero-order valence-corrected chi connectivity index (χ0v) is 11.7. The smallest absolute Gasteiger partial charge is 0.123 e. The van der Waals surface area contributed by atoms with Gasteiger partial charge < -0.3 is 9.67 Å². The lowest BCUT2D eigenvalue weighted by Crippen LogP contribution is -2.39. The Morgan fingerprint density at radius 1 is 1.44 bits per heavy atom. The molecule has 1 fully saturated rings. The monoisotopic (exact) mass is 251 g/mol. The van der Waals surface area contributed by atoms with Gasteiger partial charge in [0.25, 0.3) is 0 Å². The van der Waals surface area contributed by atoms with Crippen LogP contribution < -0.4 is 0 Å². The number of imidazole rings is 1. The molecule has 2 heterocycles. The number of aromatic nitrogens is 2. The highest BCUT2D eigenvalue weighted by molar-refractivity contribution is 4.95.